The van der Waals surface area contributed by atoms with Crippen molar-refractivity contribution in [1.82, 2.24) is 0 Å². The summed E-state index contributed by atoms with van der Waals surface area (Å²) in [6, 6.07) is 3.17. The molecule has 1 aromatic carbocycles. The Morgan fingerprint density at radius 1 is 1.59 bits per heavy atom. The van der Waals surface area contributed by atoms with E-state index >= 15 is 0 Å². The van der Waals surface area contributed by atoms with Crippen LogP contribution in [0, 0.1) is 12.7 Å². The van der Waals surface area contributed by atoms with E-state index in [2.05, 4.69) is 26.4 Å². The quantitative estimate of drug-likeness (QED) is 0.257. The van der Waals surface area contributed by atoms with E-state index in [1.54, 1.807) is 6.07 Å². The summed E-state index contributed by atoms with van der Waals surface area (Å²) in [6.07, 6.45) is 1.26. The van der Waals surface area contributed by atoms with Crippen molar-refractivity contribution in [2.24, 2.45) is 10.9 Å². The van der Waals surface area contributed by atoms with Crippen molar-refractivity contribution in [2.45, 2.75) is 19.8 Å². The molecule has 0 bridgehead atoms. The molecule has 0 heterocycles. The molecule has 0 saturated heterocycles. The van der Waals surface area contributed by atoms with Crippen LogP contribution in [-0.2, 0) is 0 Å². The van der Waals surface area contributed by atoms with Gasteiger partial charge in [0.05, 0.1) is 4.47 Å². The molecule has 4 nitrogen and oxygen atoms in total. The molecule has 0 radical (unpaired) electrons. The maximum atomic E-state index is 13.2. The number of amidine groups is 1. The minimum atomic E-state index is -0.273. The number of halogens is 2. The van der Waals surface area contributed by atoms with E-state index in [0.29, 0.717) is 17.4 Å². The molecule has 0 aliphatic carbocycles. The van der Waals surface area contributed by atoms with Crippen molar-refractivity contribution in [1.29, 1.82) is 0 Å². The average molecular weight is 304 g/mol. The topological polar surface area (TPSA) is 70.6 Å². The maximum absolute atomic E-state index is 13.2. The van der Waals surface area contributed by atoms with Crippen LogP contribution in [0.2, 0.25) is 0 Å². The van der Waals surface area contributed by atoms with Crippen molar-refractivity contribution < 1.29 is 9.60 Å². The zero-order valence-corrected chi connectivity index (χ0v) is 11.1. The van der Waals surface area contributed by atoms with Gasteiger partial charge in [-0.15, -0.1) is 0 Å². The summed E-state index contributed by atoms with van der Waals surface area (Å²) in [5, 5.41) is 14.4. The van der Waals surface area contributed by atoms with Crippen molar-refractivity contribution in [2.75, 3.05) is 11.9 Å². The van der Waals surface area contributed by atoms with Crippen molar-refractivity contribution in [3.8, 4) is 0 Å². The Bertz CT molecular complexity index is 423. The summed E-state index contributed by atoms with van der Waals surface area (Å²) in [6.45, 7) is 2.51. The average Bonchev–Trinajstić information content (AvgIpc) is 2.30. The molecule has 0 atom stereocenters. The highest BCUT2D eigenvalue weighted by Crippen LogP contribution is 2.24. The first-order valence-electron chi connectivity index (χ1n) is 5.20. The fraction of sp³-hybridized carbons (Fsp3) is 0.364. The Hall–Kier alpha value is -1.30. The number of nitrogens with two attached hydrogens (primary N) is 1. The third kappa shape index (κ3) is 4.22. The normalized spacial score (nSPS) is 11.6. The number of hydrogen-bond donors (Lipinski definition) is 3. The number of benzene rings is 1. The minimum Gasteiger partial charge on any atom is -0.409 e. The Labute approximate surface area is 108 Å². The van der Waals surface area contributed by atoms with Crippen LogP contribution in [0.4, 0.5) is 10.1 Å². The van der Waals surface area contributed by atoms with Gasteiger partial charge in [-0.2, -0.15) is 0 Å². The highest BCUT2D eigenvalue weighted by Gasteiger charge is 2.04. The summed E-state index contributed by atoms with van der Waals surface area (Å²) in [5.74, 6) is -0.0616. The van der Waals surface area contributed by atoms with Crippen LogP contribution < -0.4 is 11.1 Å². The molecule has 0 fully saturated rings. The Morgan fingerprint density at radius 2 is 2.29 bits per heavy atom. The molecular formula is C11H15BrFN3O. The van der Waals surface area contributed by atoms with Crippen molar-refractivity contribution in [3.05, 3.63) is 28.0 Å². The molecule has 1 rings (SSSR count). The lowest BCUT2D eigenvalue weighted by atomic mass is 10.2. The lowest BCUT2D eigenvalue weighted by molar-refractivity contribution is 0.316. The van der Waals surface area contributed by atoms with Gasteiger partial charge in [-0.25, -0.2) is 4.39 Å². The Kier molecular flexibility index (Phi) is 5.21. The molecule has 0 aliphatic rings. The van der Waals surface area contributed by atoms with Gasteiger partial charge in [0.25, 0.3) is 0 Å². The molecule has 17 heavy (non-hydrogen) atoms. The Morgan fingerprint density at radius 3 is 2.94 bits per heavy atom. The van der Waals surface area contributed by atoms with Crippen LogP contribution in [0.5, 0.6) is 0 Å². The smallest absolute Gasteiger partial charge is 0.139 e. The van der Waals surface area contributed by atoms with E-state index in [1.807, 2.05) is 6.92 Å². The first kappa shape index (κ1) is 13.8. The van der Waals surface area contributed by atoms with Gasteiger partial charge in [0, 0.05) is 18.7 Å². The van der Waals surface area contributed by atoms with Crippen LogP contribution in [0.25, 0.3) is 0 Å². The lowest BCUT2D eigenvalue weighted by Gasteiger charge is -2.10. The third-order valence-electron chi connectivity index (χ3n) is 2.32. The summed E-state index contributed by atoms with van der Waals surface area (Å²) in [4.78, 5) is 0. The molecule has 4 N–H and O–H groups in total. The second kappa shape index (κ2) is 6.44. The Balaban J connectivity index is 2.50. The molecule has 0 spiro atoms. The first-order valence-corrected chi connectivity index (χ1v) is 6.00. The number of anilines is 1. The van der Waals surface area contributed by atoms with Crippen molar-refractivity contribution in [3.63, 3.8) is 0 Å². The summed E-state index contributed by atoms with van der Waals surface area (Å²) >= 11 is 3.14. The van der Waals surface area contributed by atoms with Gasteiger partial charge in [-0.1, -0.05) is 5.16 Å². The van der Waals surface area contributed by atoms with Crippen LogP contribution >= 0.6 is 15.9 Å². The van der Waals surface area contributed by atoms with Crippen LogP contribution in [0.1, 0.15) is 18.4 Å². The number of aryl methyl sites for hydroxylation is 1. The zero-order valence-electron chi connectivity index (χ0n) is 9.50. The van der Waals surface area contributed by atoms with E-state index in [1.165, 1.54) is 6.07 Å². The van der Waals surface area contributed by atoms with Crippen molar-refractivity contribution >= 4 is 27.5 Å². The second-order valence-corrected chi connectivity index (χ2v) is 4.56. The number of rotatable bonds is 5. The van der Waals surface area contributed by atoms with Crippen LogP contribution in [0.3, 0.4) is 0 Å². The van der Waals surface area contributed by atoms with Gasteiger partial charge in [-0.3, -0.25) is 0 Å². The van der Waals surface area contributed by atoms with Gasteiger partial charge >= 0.3 is 0 Å². The standard InChI is InChI=1S/C11H15BrFN3O/c1-7-5-9(13)8(12)6-10(7)15-4-2-3-11(14)16-17/h5-6,15,17H,2-4H2,1H3,(H2,14,16). The van der Waals surface area contributed by atoms with E-state index in [9.17, 15) is 4.39 Å². The number of oxime groups is 1. The molecule has 0 saturated carbocycles. The largest absolute Gasteiger partial charge is 0.409 e. The number of nitrogens with zero attached hydrogens (tertiary/aromatic N) is 1. The monoisotopic (exact) mass is 303 g/mol. The highest BCUT2D eigenvalue weighted by atomic mass is 79.9. The lowest BCUT2D eigenvalue weighted by Crippen LogP contribution is -2.13. The first-order chi connectivity index (χ1) is 8.04. The molecule has 0 aliphatic heterocycles. The van der Waals surface area contributed by atoms with E-state index in [4.69, 9.17) is 10.9 Å². The predicted octanol–water partition coefficient (Wildman–Crippen LogP) is 2.84. The third-order valence-corrected chi connectivity index (χ3v) is 2.93. The molecule has 6 heteroatoms. The zero-order chi connectivity index (χ0) is 12.8. The molecule has 0 amide bonds. The summed E-state index contributed by atoms with van der Waals surface area (Å²) < 4.78 is 13.6. The number of hydrogen-bond acceptors (Lipinski definition) is 3. The number of nitrogens with one attached hydrogen (secondary N) is 1. The van der Waals surface area contributed by atoms with Crippen LogP contribution in [-0.4, -0.2) is 17.6 Å². The van der Waals surface area contributed by atoms with Gasteiger partial charge in [0.2, 0.25) is 0 Å². The van der Waals surface area contributed by atoms with E-state index in [-0.39, 0.29) is 11.7 Å². The molecule has 0 unspecified atom stereocenters. The predicted molar refractivity (Wildman–Crippen MR) is 70.0 cm³/mol. The molecule has 1 aromatic rings. The maximum Gasteiger partial charge on any atom is 0.139 e. The minimum absolute atomic E-state index is 0.212. The summed E-state index contributed by atoms with van der Waals surface area (Å²) in [7, 11) is 0. The highest BCUT2D eigenvalue weighted by molar-refractivity contribution is 9.10. The fourth-order valence-corrected chi connectivity index (χ4v) is 1.72. The SMILES string of the molecule is Cc1cc(F)c(Br)cc1NCCC/C(N)=N/O. The fourth-order valence-electron chi connectivity index (χ4n) is 1.38. The molecular weight excluding hydrogens is 289 g/mol. The van der Waals surface area contributed by atoms with Crippen LogP contribution in [0.15, 0.2) is 21.8 Å². The van der Waals surface area contributed by atoms with Gasteiger partial charge in [0.15, 0.2) is 0 Å². The van der Waals surface area contributed by atoms with E-state index < -0.39 is 0 Å². The van der Waals surface area contributed by atoms with E-state index in [0.717, 1.165) is 17.7 Å². The second-order valence-electron chi connectivity index (χ2n) is 3.70. The molecule has 0 aromatic heterocycles. The summed E-state index contributed by atoms with van der Waals surface area (Å²) in [5.41, 5.74) is 7.06. The molecule has 94 valence electrons. The van der Waals surface area contributed by atoms with Gasteiger partial charge in [0.1, 0.15) is 11.7 Å². The van der Waals surface area contributed by atoms with Gasteiger partial charge in [-0.05, 0) is 47.0 Å². The van der Waals surface area contributed by atoms with Gasteiger partial charge < -0.3 is 16.3 Å².